The molecule has 1 saturated heterocycles. The molecule has 2 aliphatic rings. The summed E-state index contributed by atoms with van der Waals surface area (Å²) in [7, 11) is 2.78. The number of phenolic OH excluding ortho intramolecular Hbond substituents is 1. The first-order valence-corrected chi connectivity index (χ1v) is 11.6. The van der Waals surface area contributed by atoms with Crippen LogP contribution >= 0.6 is 11.8 Å². The number of carbonyl (C=O) groups is 4. The predicted molar refractivity (Wildman–Crippen MR) is 115 cm³/mol. The van der Waals surface area contributed by atoms with E-state index in [4.69, 9.17) is 4.74 Å². The number of hydrogen-bond acceptors (Lipinski definition) is 12. The maximum atomic E-state index is 13.2. The minimum absolute atomic E-state index is 0. The zero-order chi connectivity index (χ0) is 26.2. The first-order valence-electron chi connectivity index (χ1n) is 10.6. The van der Waals surface area contributed by atoms with Crippen LogP contribution in [0.1, 0.15) is 24.3 Å². The Hall–Kier alpha value is -1.98. The summed E-state index contributed by atoms with van der Waals surface area (Å²) >= 11 is 1.18. The molecule has 3 unspecified atom stereocenters. The summed E-state index contributed by atoms with van der Waals surface area (Å²) in [5, 5.41) is 47.1. The first-order chi connectivity index (χ1) is 17.1. The molecule has 2 N–H and O–H groups in total. The van der Waals surface area contributed by atoms with Crippen LogP contribution in [0.15, 0.2) is 40.7 Å². The average Bonchev–Trinajstić information content (AvgIpc) is 3.25. The van der Waals surface area contributed by atoms with E-state index >= 15 is 0 Å². The van der Waals surface area contributed by atoms with E-state index in [9.17, 15) is 34.5 Å². The van der Waals surface area contributed by atoms with Crippen molar-refractivity contribution in [2.24, 2.45) is 7.05 Å². The van der Waals surface area contributed by atoms with Crippen LogP contribution in [0, 0.1) is 0 Å². The maximum absolute atomic E-state index is 13.2. The largest absolute Gasteiger partial charge is 1.00 e. The molecule has 14 nitrogen and oxygen atoms in total. The molecule has 1 fully saturated rings. The van der Waals surface area contributed by atoms with Crippen molar-refractivity contribution in [3.8, 4) is 5.75 Å². The fourth-order valence-electron chi connectivity index (χ4n) is 4.37. The summed E-state index contributed by atoms with van der Waals surface area (Å²) in [6.45, 7) is 0. The van der Waals surface area contributed by atoms with Crippen molar-refractivity contribution in [1.29, 1.82) is 0 Å². The number of aliphatic carboxylic acids is 2. The van der Waals surface area contributed by atoms with Gasteiger partial charge in [-0.1, -0.05) is 23.9 Å². The zero-order valence-corrected chi connectivity index (χ0v) is 25.9. The third-order valence-corrected chi connectivity index (χ3v) is 7.21. The second kappa shape index (κ2) is 12.9. The number of benzene rings is 1. The summed E-state index contributed by atoms with van der Waals surface area (Å²) in [5.74, 6) is -7.06. The van der Waals surface area contributed by atoms with E-state index in [1.807, 2.05) is 0 Å². The van der Waals surface area contributed by atoms with Gasteiger partial charge >= 0.3 is 59.1 Å². The van der Waals surface area contributed by atoms with Gasteiger partial charge in [-0.2, -0.15) is 0 Å². The number of aromatic hydroxyl groups is 1. The van der Waals surface area contributed by atoms with Gasteiger partial charge in [0.05, 0.1) is 23.7 Å². The number of fused-ring (bicyclic) bond motifs is 1. The molecule has 2 amide bonds. The molecular weight excluding hydrogens is 542 g/mol. The third kappa shape index (κ3) is 5.79. The number of carboxylic acid groups (broad SMARTS) is 2. The summed E-state index contributed by atoms with van der Waals surface area (Å²) in [5.41, 5.74) is -1.89. The standard InChI is InChI=1S/C21H22N6O8S.2Na/c1-26-20(23-24-25-26)36-9-11-5-8-13-21(35-2,19(34)27(13)15(11)18(32)33)22-16(29)14(17(30)31)10-3-6-12(28)7-4-10;;/h3-4,6-7,13-14,28H,5,8-9H2,1-2H3,(H,22,29)(H,30,31)(H,32,33);;/q;2*+1/p-2. The van der Waals surface area contributed by atoms with Crippen LogP contribution in [-0.4, -0.2) is 78.6 Å². The van der Waals surface area contributed by atoms with Crippen molar-refractivity contribution >= 4 is 35.5 Å². The molecule has 0 saturated carbocycles. The Morgan fingerprint density at radius 3 is 2.45 bits per heavy atom. The molecule has 190 valence electrons. The van der Waals surface area contributed by atoms with Gasteiger partial charge in [0.25, 0.3) is 5.91 Å². The second-order valence-electron chi connectivity index (χ2n) is 8.12. The Balaban J connectivity index is 0.00000253. The molecule has 2 aliphatic heterocycles. The number of β-lactam (4-membered cyclic amide) rings is 1. The van der Waals surface area contributed by atoms with Crippen molar-refractivity contribution in [3.05, 3.63) is 41.1 Å². The van der Waals surface area contributed by atoms with Crippen LogP contribution < -0.4 is 74.6 Å². The topological polar surface area (TPSA) is 203 Å². The predicted octanol–water partition coefficient (Wildman–Crippen LogP) is -8.98. The number of aryl methyl sites for hydroxylation is 1. The second-order valence-corrected chi connectivity index (χ2v) is 9.06. The molecule has 0 spiro atoms. The Labute approximate surface area is 264 Å². The molecule has 4 rings (SSSR count). The van der Waals surface area contributed by atoms with Gasteiger partial charge in [0.1, 0.15) is 11.7 Å². The Bertz CT molecular complexity index is 1270. The summed E-state index contributed by atoms with van der Waals surface area (Å²) in [6, 6.07) is 3.96. The minimum Gasteiger partial charge on any atom is -0.549 e. The molecule has 3 heterocycles. The van der Waals surface area contributed by atoms with E-state index in [0.717, 1.165) is 12.0 Å². The van der Waals surface area contributed by atoms with Gasteiger partial charge in [0.15, 0.2) is 0 Å². The maximum Gasteiger partial charge on any atom is 1.00 e. The number of aromatic nitrogens is 4. The van der Waals surface area contributed by atoms with E-state index in [2.05, 4.69) is 20.8 Å². The summed E-state index contributed by atoms with van der Waals surface area (Å²) in [6.07, 6.45) is 0.456. The van der Waals surface area contributed by atoms with E-state index < -0.39 is 41.4 Å². The number of hydrogen-bond donors (Lipinski definition) is 2. The number of ether oxygens (including phenoxy) is 1. The van der Waals surface area contributed by atoms with Gasteiger partial charge in [-0.15, -0.1) is 5.10 Å². The van der Waals surface area contributed by atoms with E-state index in [0.29, 0.717) is 10.7 Å². The quantitative estimate of drug-likeness (QED) is 0.0962. The van der Waals surface area contributed by atoms with Crippen molar-refractivity contribution in [2.75, 3.05) is 12.9 Å². The van der Waals surface area contributed by atoms with Crippen molar-refractivity contribution in [3.63, 3.8) is 0 Å². The zero-order valence-electron chi connectivity index (χ0n) is 21.0. The van der Waals surface area contributed by atoms with Crippen LogP contribution in [0.4, 0.5) is 0 Å². The third-order valence-electron chi connectivity index (χ3n) is 6.12. The Morgan fingerprint density at radius 2 is 1.92 bits per heavy atom. The Kier molecular flexibility index (Phi) is 11.0. The van der Waals surface area contributed by atoms with Crippen LogP contribution in [-0.2, 0) is 31.0 Å². The molecular formula is C21H20N6Na2O8S. The van der Waals surface area contributed by atoms with Gasteiger partial charge in [-0.05, 0) is 46.5 Å². The number of tetrazole rings is 1. The fraction of sp³-hybridized carbons (Fsp3) is 0.381. The number of nitrogens with one attached hydrogen (secondary N) is 1. The number of amides is 2. The van der Waals surface area contributed by atoms with Crippen molar-refractivity contribution in [2.45, 2.75) is 35.7 Å². The summed E-state index contributed by atoms with van der Waals surface area (Å²) < 4.78 is 6.78. The monoisotopic (exact) mass is 562 g/mol. The van der Waals surface area contributed by atoms with Crippen LogP contribution in [0.2, 0.25) is 0 Å². The van der Waals surface area contributed by atoms with E-state index in [1.165, 1.54) is 40.7 Å². The first kappa shape index (κ1) is 32.2. The van der Waals surface area contributed by atoms with Crippen molar-refractivity contribution in [1.82, 2.24) is 30.4 Å². The smallest absolute Gasteiger partial charge is 0.549 e. The molecule has 2 aromatic rings. The SMILES string of the molecule is COC1(NC(=O)C(C(=O)[O-])c2ccc(O)cc2)C(=O)N2C(C(=O)[O-])=C(CSc3nnnn3C)CCC21.[Na+].[Na+]. The number of nitrogens with zero attached hydrogens (tertiary/aromatic N) is 5. The Morgan fingerprint density at radius 1 is 1.26 bits per heavy atom. The van der Waals surface area contributed by atoms with Crippen molar-refractivity contribution < 1.29 is 98.3 Å². The molecule has 0 radical (unpaired) electrons. The van der Waals surface area contributed by atoms with Gasteiger partial charge < -0.3 is 35.0 Å². The number of phenols is 1. The molecule has 17 heteroatoms. The minimum atomic E-state index is -1.98. The molecule has 1 aromatic carbocycles. The number of methoxy groups -OCH3 is 1. The number of carboxylic acids is 2. The van der Waals surface area contributed by atoms with Gasteiger partial charge in [0, 0.05) is 19.9 Å². The average molecular weight is 562 g/mol. The number of thioether (sulfide) groups is 1. The molecule has 38 heavy (non-hydrogen) atoms. The summed E-state index contributed by atoms with van der Waals surface area (Å²) in [4.78, 5) is 51.0. The van der Waals surface area contributed by atoms with Crippen LogP contribution in [0.25, 0.3) is 0 Å². The molecule has 3 atom stereocenters. The van der Waals surface area contributed by atoms with E-state index in [-0.39, 0.29) is 94.7 Å². The van der Waals surface area contributed by atoms with Gasteiger partial charge in [0.2, 0.25) is 16.8 Å². The van der Waals surface area contributed by atoms with Crippen LogP contribution in [0.3, 0.4) is 0 Å². The fourth-order valence-corrected chi connectivity index (χ4v) is 5.28. The molecule has 0 bridgehead atoms. The number of rotatable bonds is 9. The number of carbonyl (C=O) groups excluding carboxylic acids is 4. The van der Waals surface area contributed by atoms with Crippen LogP contribution in [0.5, 0.6) is 5.75 Å². The van der Waals surface area contributed by atoms with E-state index in [1.54, 1.807) is 7.05 Å². The molecule has 1 aromatic heterocycles. The molecule has 0 aliphatic carbocycles. The van der Waals surface area contributed by atoms with Gasteiger partial charge in [-0.3, -0.25) is 14.5 Å². The van der Waals surface area contributed by atoms with Gasteiger partial charge in [-0.25, -0.2) is 4.68 Å². The normalized spacial score (nSPS) is 20.8.